The molecule has 3 heteroatoms. The fraction of sp³-hybridized carbons (Fsp3) is 1.00. The maximum Gasteiger partial charge on any atom is 0.00940 e. The first-order valence-electron chi connectivity index (χ1n) is 7.45. The second kappa shape index (κ2) is 6.72. The molecular formula is C14H29N3. The van der Waals surface area contributed by atoms with Crippen LogP contribution in [0.15, 0.2) is 0 Å². The van der Waals surface area contributed by atoms with Crippen molar-refractivity contribution in [3.63, 3.8) is 0 Å². The fourth-order valence-corrected chi connectivity index (χ4v) is 3.15. The summed E-state index contributed by atoms with van der Waals surface area (Å²) >= 11 is 0. The van der Waals surface area contributed by atoms with Crippen LogP contribution in [0.3, 0.4) is 0 Å². The van der Waals surface area contributed by atoms with E-state index in [0.29, 0.717) is 0 Å². The van der Waals surface area contributed by atoms with Gasteiger partial charge in [-0.2, -0.15) is 0 Å². The van der Waals surface area contributed by atoms with Crippen LogP contribution in [0.1, 0.15) is 39.0 Å². The maximum atomic E-state index is 3.89. The number of nitrogens with one attached hydrogen (secondary N) is 1. The number of rotatable bonds is 4. The zero-order valence-electron chi connectivity index (χ0n) is 11.6. The van der Waals surface area contributed by atoms with E-state index in [4.69, 9.17) is 0 Å². The van der Waals surface area contributed by atoms with Gasteiger partial charge in [-0.1, -0.05) is 6.92 Å². The largest absolute Gasteiger partial charge is 0.311 e. The molecule has 0 aromatic heterocycles. The molecule has 0 atom stereocenters. The molecule has 2 saturated heterocycles. The molecule has 2 heterocycles. The van der Waals surface area contributed by atoms with Gasteiger partial charge in [-0.15, -0.1) is 0 Å². The third kappa shape index (κ3) is 4.23. The van der Waals surface area contributed by atoms with Crippen LogP contribution in [0.4, 0.5) is 0 Å². The van der Waals surface area contributed by atoms with Crippen molar-refractivity contribution >= 4 is 0 Å². The molecule has 0 aromatic rings. The summed E-state index contributed by atoms with van der Waals surface area (Å²) in [6.07, 6.45) is 6.68. The van der Waals surface area contributed by atoms with Crippen molar-refractivity contribution < 1.29 is 0 Å². The monoisotopic (exact) mass is 239 g/mol. The summed E-state index contributed by atoms with van der Waals surface area (Å²) < 4.78 is 0. The van der Waals surface area contributed by atoms with Crippen LogP contribution in [-0.4, -0.2) is 61.7 Å². The van der Waals surface area contributed by atoms with E-state index in [1.54, 1.807) is 0 Å². The average molecular weight is 239 g/mol. The Labute approximate surface area is 107 Å². The Morgan fingerprint density at radius 1 is 0.941 bits per heavy atom. The molecule has 2 aliphatic rings. The van der Waals surface area contributed by atoms with E-state index in [1.807, 2.05) is 0 Å². The molecule has 0 aliphatic carbocycles. The third-order valence-electron chi connectivity index (χ3n) is 4.32. The molecule has 3 nitrogen and oxygen atoms in total. The molecule has 1 N–H and O–H groups in total. The number of hydrogen-bond acceptors (Lipinski definition) is 3. The lowest BCUT2D eigenvalue weighted by molar-refractivity contribution is 0.170. The molecule has 0 saturated carbocycles. The van der Waals surface area contributed by atoms with Crippen molar-refractivity contribution in [2.75, 3.05) is 39.8 Å². The molecule has 0 spiro atoms. The van der Waals surface area contributed by atoms with E-state index in [0.717, 1.165) is 12.1 Å². The smallest absolute Gasteiger partial charge is 0.00940 e. The molecular weight excluding hydrogens is 210 g/mol. The first kappa shape index (κ1) is 13.3. The van der Waals surface area contributed by atoms with E-state index in [9.17, 15) is 0 Å². The average Bonchev–Trinajstić information content (AvgIpc) is 2.35. The SMILES string of the molecule is CCCN1CCC(NC2CCN(C)CC2)CC1. The first-order chi connectivity index (χ1) is 8.28. The predicted molar refractivity (Wildman–Crippen MR) is 73.4 cm³/mol. The Morgan fingerprint density at radius 3 is 2.00 bits per heavy atom. The number of piperidine rings is 2. The lowest BCUT2D eigenvalue weighted by atomic mass is 9.99. The normalized spacial score (nSPS) is 26.5. The Bertz CT molecular complexity index is 204. The lowest BCUT2D eigenvalue weighted by Crippen LogP contribution is -2.49. The number of hydrogen-bond donors (Lipinski definition) is 1. The Hall–Kier alpha value is -0.120. The highest BCUT2D eigenvalue weighted by atomic mass is 15.2. The van der Waals surface area contributed by atoms with Crippen molar-refractivity contribution in [1.29, 1.82) is 0 Å². The van der Waals surface area contributed by atoms with E-state index in [-0.39, 0.29) is 0 Å². The fourth-order valence-electron chi connectivity index (χ4n) is 3.15. The second-order valence-corrected chi connectivity index (χ2v) is 5.86. The predicted octanol–water partition coefficient (Wildman–Crippen LogP) is 1.54. The molecule has 0 amide bonds. The molecule has 100 valence electrons. The van der Waals surface area contributed by atoms with Gasteiger partial charge in [0.25, 0.3) is 0 Å². The Morgan fingerprint density at radius 2 is 1.47 bits per heavy atom. The van der Waals surface area contributed by atoms with Gasteiger partial charge in [0.1, 0.15) is 0 Å². The van der Waals surface area contributed by atoms with E-state index < -0.39 is 0 Å². The highest BCUT2D eigenvalue weighted by molar-refractivity contribution is 4.83. The van der Waals surface area contributed by atoms with Gasteiger partial charge in [-0.25, -0.2) is 0 Å². The summed E-state index contributed by atoms with van der Waals surface area (Å²) in [4.78, 5) is 5.06. The topological polar surface area (TPSA) is 18.5 Å². The van der Waals surface area contributed by atoms with Gasteiger partial charge in [0.15, 0.2) is 0 Å². The van der Waals surface area contributed by atoms with Gasteiger partial charge >= 0.3 is 0 Å². The summed E-state index contributed by atoms with van der Waals surface area (Å²) in [6.45, 7) is 8.72. The highest BCUT2D eigenvalue weighted by Crippen LogP contribution is 2.15. The minimum atomic E-state index is 0.786. The van der Waals surface area contributed by atoms with Crippen LogP contribution in [0.5, 0.6) is 0 Å². The van der Waals surface area contributed by atoms with Gasteiger partial charge in [-0.05, 0) is 71.9 Å². The molecule has 0 unspecified atom stereocenters. The van der Waals surface area contributed by atoms with Gasteiger partial charge in [-0.3, -0.25) is 0 Å². The molecule has 0 bridgehead atoms. The zero-order chi connectivity index (χ0) is 12.1. The van der Waals surface area contributed by atoms with Crippen LogP contribution in [0, 0.1) is 0 Å². The highest BCUT2D eigenvalue weighted by Gasteiger charge is 2.23. The maximum absolute atomic E-state index is 3.89. The first-order valence-corrected chi connectivity index (χ1v) is 7.45. The van der Waals surface area contributed by atoms with Gasteiger partial charge in [0.2, 0.25) is 0 Å². The molecule has 0 aromatic carbocycles. The van der Waals surface area contributed by atoms with Crippen molar-refractivity contribution in [1.82, 2.24) is 15.1 Å². The third-order valence-corrected chi connectivity index (χ3v) is 4.32. The summed E-state index contributed by atoms with van der Waals surface area (Å²) in [6, 6.07) is 1.57. The summed E-state index contributed by atoms with van der Waals surface area (Å²) in [5.74, 6) is 0. The van der Waals surface area contributed by atoms with Gasteiger partial charge < -0.3 is 15.1 Å². The van der Waals surface area contributed by atoms with Crippen LogP contribution in [0.2, 0.25) is 0 Å². The summed E-state index contributed by atoms with van der Waals surface area (Å²) in [7, 11) is 2.24. The van der Waals surface area contributed by atoms with Gasteiger partial charge in [0, 0.05) is 12.1 Å². The van der Waals surface area contributed by atoms with Gasteiger partial charge in [0.05, 0.1) is 0 Å². The van der Waals surface area contributed by atoms with Crippen LogP contribution >= 0.6 is 0 Å². The van der Waals surface area contributed by atoms with Crippen LogP contribution < -0.4 is 5.32 Å². The Balaban J connectivity index is 1.64. The molecule has 17 heavy (non-hydrogen) atoms. The number of nitrogens with zero attached hydrogens (tertiary/aromatic N) is 2. The van der Waals surface area contributed by atoms with Crippen LogP contribution in [0.25, 0.3) is 0 Å². The van der Waals surface area contributed by atoms with Crippen molar-refractivity contribution in [2.24, 2.45) is 0 Å². The van der Waals surface area contributed by atoms with Crippen molar-refractivity contribution in [2.45, 2.75) is 51.1 Å². The summed E-state index contributed by atoms with van der Waals surface area (Å²) in [5, 5.41) is 3.89. The van der Waals surface area contributed by atoms with Crippen molar-refractivity contribution in [3.8, 4) is 0 Å². The molecule has 2 fully saturated rings. The van der Waals surface area contributed by atoms with E-state index in [1.165, 1.54) is 64.8 Å². The Kier molecular flexibility index (Phi) is 5.26. The summed E-state index contributed by atoms with van der Waals surface area (Å²) in [5.41, 5.74) is 0. The molecule has 2 aliphatic heterocycles. The molecule has 2 rings (SSSR count). The second-order valence-electron chi connectivity index (χ2n) is 5.86. The zero-order valence-corrected chi connectivity index (χ0v) is 11.6. The van der Waals surface area contributed by atoms with Crippen LogP contribution in [-0.2, 0) is 0 Å². The number of likely N-dealkylation sites (tertiary alicyclic amines) is 2. The quantitative estimate of drug-likeness (QED) is 0.803. The standard InChI is InChI=1S/C14H29N3/c1-3-8-17-11-6-14(7-12-17)15-13-4-9-16(2)10-5-13/h13-15H,3-12H2,1-2H3. The lowest BCUT2D eigenvalue weighted by Gasteiger charge is -2.37. The van der Waals surface area contributed by atoms with E-state index in [2.05, 4.69) is 29.1 Å². The molecule has 0 radical (unpaired) electrons. The van der Waals surface area contributed by atoms with Crippen molar-refractivity contribution in [3.05, 3.63) is 0 Å². The minimum absolute atomic E-state index is 0.786. The van der Waals surface area contributed by atoms with E-state index >= 15 is 0 Å². The minimum Gasteiger partial charge on any atom is -0.311 e.